The summed E-state index contributed by atoms with van der Waals surface area (Å²) in [5.41, 5.74) is 0.0982. The number of anilines is 1. The predicted molar refractivity (Wildman–Crippen MR) is 81.3 cm³/mol. The summed E-state index contributed by atoms with van der Waals surface area (Å²) in [6.07, 6.45) is 0. The van der Waals surface area contributed by atoms with Gasteiger partial charge in [-0.15, -0.1) is 0 Å². The van der Waals surface area contributed by atoms with E-state index >= 15 is 0 Å². The standard InChI is InChI=1S/C16H21NO5/c1-16(2,3)15(20)17-11-9-7-6-8-10(11)12(13(18)21-4)14(19)22-5/h6-9,12H,1-5H3,(H,17,20). The quantitative estimate of drug-likeness (QED) is 0.680. The predicted octanol–water partition coefficient (Wildman–Crippen LogP) is 2.10. The van der Waals surface area contributed by atoms with E-state index in [-0.39, 0.29) is 5.91 Å². The third-order valence-electron chi connectivity index (χ3n) is 3.07. The summed E-state index contributed by atoms with van der Waals surface area (Å²) in [7, 11) is 2.38. The molecule has 0 aliphatic heterocycles. The van der Waals surface area contributed by atoms with E-state index in [1.807, 2.05) is 0 Å². The average molecular weight is 307 g/mol. The van der Waals surface area contributed by atoms with Gasteiger partial charge in [0, 0.05) is 16.7 Å². The van der Waals surface area contributed by atoms with E-state index in [9.17, 15) is 14.4 Å². The van der Waals surface area contributed by atoms with Gasteiger partial charge in [0.2, 0.25) is 5.91 Å². The van der Waals surface area contributed by atoms with Crippen LogP contribution in [0.25, 0.3) is 0 Å². The van der Waals surface area contributed by atoms with Crippen LogP contribution in [0.2, 0.25) is 0 Å². The van der Waals surface area contributed by atoms with Crippen LogP contribution in [-0.4, -0.2) is 32.1 Å². The second-order valence-electron chi connectivity index (χ2n) is 5.77. The summed E-state index contributed by atoms with van der Waals surface area (Å²) in [6, 6.07) is 6.57. The molecular formula is C16H21NO5. The van der Waals surface area contributed by atoms with Crippen LogP contribution in [0.1, 0.15) is 32.3 Å². The van der Waals surface area contributed by atoms with Crippen LogP contribution in [0.4, 0.5) is 5.69 Å². The first-order valence-corrected chi connectivity index (χ1v) is 6.78. The molecule has 0 heterocycles. The summed E-state index contributed by atoms with van der Waals surface area (Å²) in [6.45, 7) is 5.30. The summed E-state index contributed by atoms with van der Waals surface area (Å²) in [4.78, 5) is 36.0. The Morgan fingerprint density at radius 1 is 1.00 bits per heavy atom. The summed E-state index contributed by atoms with van der Waals surface area (Å²) in [5.74, 6) is -2.96. The molecule has 1 aromatic rings. The number of hydrogen-bond donors (Lipinski definition) is 1. The van der Waals surface area contributed by atoms with Crippen LogP contribution in [0.3, 0.4) is 0 Å². The van der Waals surface area contributed by atoms with Gasteiger partial charge in [-0.1, -0.05) is 39.0 Å². The Labute approximate surface area is 129 Å². The Bertz CT molecular complexity index is 558. The van der Waals surface area contributed by atoms with E-state index in [4.69, 9.17) is 0 Å². The van der Waals surface area contributed by atoms with Crippen LogP contribution >= 0.6 is 0 Å². The molecule has 6 nitrogen and oxygen atoms in total. The molecule has 1 aromatic carbocycles. The second-order valence-corrected chi connectivity index (χ2v) is 5.77. The maximum atomic E-state index is 12.1. The molecule has 0 saturated carbocycles. The van der Waals surface area contributed by atoms with E-state index in [1.54, 1.807) is 45.0 Å². The van der Waals surface area contributed by atoms with E-state index in [0.29, 0.717) is 11.3 Å². The van der Waals surface area contributed by atoms with Crippen molar-refractivity contribution in [2.24, 2.45) is 5.41 Å². The Balaban J connectivity index is 3.26. The molecule has 1 rings (SSSR count). The minimum absolute atomic E-state index is 0.228. The maximum Gasteiger partial charge on any atom is 0.324 e. The lowest BCUT2D eigenvalue weighted by Gasteiger charge is -2.21. The highest BCUT2D eigenvalue weighted by molar-refractivity contribution is 6.04. The number of rotatable bonds is 4. The molecule has 6 heteroatoms. The molecule has 0 fully saturated rings. The van der Waals surface area contributed by atoms with E-state index < -0.39 is 23.3 Å². The molecule has 0 radical (unpaired) electrons. The fraction of sp³-hybridized carbons (Fsp3) is 0.438. The zero-order valence-electron chi connectivity index (χ0n) is 13.4. The second kappa shape index (κ2) is 7.06. The van der Waals surface area contributed by atoms with Gasteiger partial charge in [-0.3, -0.25) is 14.4 Å². The Morgan fingerprint density at radius 3 is 1.95 bits per heavy atom. The number of carbonyl (C=O) groups excluding carboxylic acids is 3. The molecule has 0 aromatic heterocycles. The highest BCUT2D eigenvalue weighted by atomic mass is 16.5. The van der Waals surface area contributed by atoms with Crippen molar-refractivity contribution in [3.05, 3.63) is 29.8 Å². The van der Waals surface area contributed by atoms with E-state index in [0.717, 1.165) is 0 Å². The average Bonchev–Trinajstić information content (AvgIpc) is 2.47. The van der Waals surface area contributed by atoms with Crippen molar-refractivity contribution in [2.75, 3.05) is 19.5 Å². The molecule has 0 spiro atoms. The van der Waals surface area contributed by atoms with Crippen molar-refractivity contribution in [2.45, 2.75) is 26.7 Å². The lowest BCUT2D eigenvalue weighted by Crippen LogP contribution is -2.30. The SMILES string of the molecule is COC(=O)C(C(=O)OC)c1ccccc1NC(=O)C(C)(C)C. The van der Waals surface area contributed by atoms with Crippen LogP contribution < -0.4 is 5.32 Å². The fourth-order valence-corrected chi connectivity index (χ4v) is 1.76. The molecular weight excluding hydrogens is 286 g/mol. The normalized spacial score (nSPS) is 11.0. The van der Waals surface area contributed by atoms with E-state index in [1.165, 1.54) is 14.2 Å². The van der Waals surface area contributed by atoms with Gasteiger partial charge in [0.05, 0.1) is 14.2 Å². The molecule has 0 aliphatic carbocycles. The van der Waals surface area contributed by atoms with Gasteiger partial charge in [-0.05, 0) is 6.07 Å². The molecule has 0 aliphatic rings. The number of amides is 1. The van der Waals surface area contributed by atoms with Gasteiger partial charge in [0.15, 0.2) is 5.92 Å². The maximum absolute atomic E-state index is 12.1. The molecule has 22 heavy (non-hydrogen) atoms. The van der Waals surface area contributed by atoms with Gasteiger partial charge < -0.3 is 14.8 Å². The van der Waals surface area contributed by atoms with Crippen molar-refractivity contribution in [1.29, 1.82) is 0 Å². The third-order valence-corrected chi connectivity index (χ3v) is 3.07. The number of para-hydroxylation sites is 1. The minimum atomic E-state index is -1.24. The lowest BCUT2D eigenvalue weighted by molar-refractivity contribution is -0.154. The van der Waals surface area contributed by atoms with Crippen molar-refractivity contribution >= 4 is 23.5 Å². The lowest BCUT2D eigenvalue weighted by atomic mass is 9.93. The van der Waals surface area contributed by atoms with Crippen molar-refractivity contribution < 1.29 is 23.9 Å². The van der Waals surface area contributed by atoms with Crippen LogP contribution in [0.15, 0.2) is 24.3 Å². The first kappa shape index (κ1) is 17.7. The number of ether oxygens (including phenoxy) is 2. The van der Waals surface area contributed by atoms with Crippen molar-refractivity contribution in [3.8, 4) is 0 Å². The van der Waals surface area contributed by atoms with Gasteiger partial charge in [0.25, 0.3) is 0 Å². The first-order chi connectivity index (χ1) is 10.2. The van der Waals surface area contributed by atoms with Crippen molar-refractivity contribution in [3.63, 3.8) is 0 Å². The zero-order chi connectivity index (χ0) is 16.9. The Hall–Kier alpha value is -2.37. The molecule has 1 amide bonds. The number of methoxy groups -OCH3 is 2. The number of benzene rings is 1. The van der Waals surface area contributed by atoms with Gasteiger partial charge >= 0.3 is 11.9 Å². The summed E-state index contributed by atoms with van der Waals surface area (Å²) >= 11 is 0. The molecule has 0 atom stereocenters. The fourth-order valence-electron chi connectivity index (χ4n) is 1.76. The largest absolute Gasteiger partial charge is 0.468 e. The summed E-state index contributed by atoms with van der Waals surface area (Å²) < 4.78 is 9.33. The first-order valence-electron chi connectivity index (χ1n) is 6.78. The van der Waals surface area contributed by atoms with Crippen LogP contribution in [-0.2, 0) is 23.9 Å². The number of nitrogens with one attached hydrogen (secondary N) is 1. The number of esters is 2. The van der Waals surface area contributed by atoms with Gasteiger partial charge in [-0.25, -0.2) is 0 Å². The minimum Gasteiger partial charge on any atom is -0.468 e. The van der Waals surface area contributed by atoms with Gasteiger partial charge in [0.1, 0.15) is 0 Å². The zero-order valence-corrected chi connectivity index (χ0v) is 13.4. The Kier molecular flexibility index (Phi) is 5.68. The highest BCUT2D eigenvalue weighted by Gasteiger charge is 2.33. The van der Waals surface area contributed by atoms with Crippen molar-refractivity contribution in [1.82, 2.24) is 0 Å². The molecule has 0 saturated heterocycles. The molecule has 0 bridgehead atoms. The highest BCUT2D eigenvalue weighted by Crippen LogP contribution is 2.28. The molecule has 1 N–H and O–H groups in total. The third kappa shape index (κ3) is 4.07. The summed E-state index contributed by atoms with van der Waals surface area (Å²) in [5, 5.41) is 2.73. The van der Waals surface area contributed by atoms with Crippen LogP contribution in [0, 0.1) is 5.41 Å². The molecule has 0 unspecified atom stereocenters. The smallest absolute Gasteiger partial charge is 0.324 e. The topological polar surface area (TPSA) is 81.7 Å². The number of hydrogen-bond acceptors (Lipinski definition) is 5. The van der Waals surface area contributed by atoms with Crippen LogP contribution in [0.5, 0.6) is 0 Å². The van der Waals surface area contributed by atoms with Gasteiger partial charge in [-0.2, -0.15) is 0 Å². The monoisotopic (exact) mass is 307 g/mol. The Morgan fingerprint density at radius 2 is 1.50 bits per heavy atom. The van der Waals surface area contributed by atoms with E-state index in [2.05, 4.69) is 14.8 Å². The number of carbonyl (C=O) groups is 3. The molecule has 120 valence electrons.